The van der Waals surface area contributed by atoms with Gasteiger partial charge in [0.25, 0.3) is 0 Å². The fourth-order valence-electron chi connectivity index (χ4n) is 2.99. The van der Waals surface area contributed by atoms with E-state index in [0.29, 0.717) is 0 Å². The molecule has 1 aromatic heterocycles. The van der Waals surface area contributed by atoms with Crippen molar-refractivity contribution in [1.82, 2.24) is 5.32 Å². The van der Waals surface area contributed by atoms with Gasteiger partial charge in [0.2, 0.25) is 11.2 Å². The Morgan fingerprint density at radius 3 is 2.29 bits per heavy atom. The van der Waals surface area contributed by atoms with E-state index in [2.05, 4.69) is 0 Å². The molecule has 2 aromatic carbocycles. The second kappa shape index (κ2) is 9.28. The molecule has 1 atom stereocenters. The fourth-order valence-corrected chi connectivity index (χ4v) is 2.99. The Kier molecular flexibility index (Phi) is 6.47. The van der Waals surface area contributed by atoms with Crippen molar-refractivity contribution >= 4 is 29.0 Å². The van der Waals surface area contributed by atoms with Gasteiger partial charge in [-0.1, -0.05) is 0 Å². The van der Waals surface area contributed by atoms with Crippen LogP contribution in [0.3, 0.4) is 0 Å². The lowest BCUT2D eigenvalue weighted by Gasteiger charge is -2.14. The summed E-state index contributed by atoms with van der Waals surface area (Å²) >= 11 is 0. The minimum absolute atomic E-state index is 0.00177. The average Bonchev–Trinajstić information content (AvgIpc) is 2.75. The lowest BCUT2D eigenvalue weighted by molar-refractivity contribution is -0.140. The molecule has 0 bridgehead atoms. The third-order valence-corrected chi connectivity index (χ3v) is 4.61. The molecule has 0 radical (unpaired) electrons. The Morgan fingerprint density at radius 1 is 0.971 bits per heavy atom. The predicted molar refractivity (Wildman–Crippen MR) is 112 cm³/mol. The van der Waals surface area contributed by atoms with Crippen LogP contribution in [0.25, 0.3) is 22.3 Å². The first-order chi connectivity index (χ1) is 16.0. The number of nitrogens with one attached hydrogen (secondary N) is 1. The van der Waals surface area contributed by atoms with Gasteiger partial charge < -0.3 is 45.1 Å². The van der Waals surface area contributed by atoms with E-state index in [4.69, 9.17) is 19.4 Å². The molecule has 0 saturated heterocycles. The Labute approximate surface area is 188 Å². The van der Waals surface area contributed by atoms with Gasteiger partial charge in [0.1, 0.15) is 28.5 Å². The Balaban J connectivity index is 1.95. The average molecular weight is 475 g/mol. The number of amides is 1. The molecule has 178 valence electrons. The molecule has 3 rings (SSSR count). The maximum atomic E-state index is 12.6. The summed E-state index contributed by atoms with van der Waals surface area (Å²) < 4.78 is 10.4. The molecule has 0 aliphatic rings. The second-order valence-corrected chi connectivity index (χ2v) is 6.99. The van der Waals surface area contributed by atoms with Crippen molar-refractivity contribution < 1.29 is 54.2 Å². The zero-order valence-corrected chi connectivity index (χ0v) is 17.0. The molecule has 0 aliphatic carbocycles. The molecule has 13 heteroatoms. The molecule has 3 aromatic rings. The van der Waals surface area contributed by atoms with Gasteiger partial charge in [-0.05, 0) is 24.6 Å². The Morgan fingerprint density at radius 2 is 1.68 bits per heavy atom. The summed E-state index contributed by atoms with van der Waals surface area (Å²) in [5, 5.41) is 58.9. The fraction of sp³-hybridized carbons (Fsp3) is 0.143. The molecular weight excluding hydrogens is 458 g/mol. The molecule has 7 N–H and O–H groups in total. The van der Waals surface area contributed by atoms with Crippen LogP contribution in [0.15, 0.2) is 39.5 Å². The first-order valence-electron chi connectivity index (χ1n) is 9.46. The van der Waals surface area contributed by atoms with Crippen LogP contribution in [-0.4, -0.2) is 54.7 Å². The maximum absolute atomic E-state index is 12.6. The second-order valence-electron chi connectivity index (χ2n) is 6.99. The van der Waals surface area contributed by atoms with E-state index >= 15 is 0 Å². The van der Waals surface area contributed by atoms with E-state index in [-0.39, 0.29) is 16.9 Å². The lowest BCUT2D eigenvalue weighted by atomic mass is 10.1. The van der Waals surface area contributed by atoms with Gasteiger partial charge in [-0.3, -0.25) is 9.59 Å². The van der Waals surface area contributed by atoms with Crippen molar-refractivity contribution in [2.24, 2.45) is 0 Å². The van der Waals surface area contributed by atoms with E-state index in [0.717, 1.165) is 24.3 Å². The molecule has 1 heterocycles. The third kappa shape index (κ3) is 4.93. The summed E-state index contributed by atoms with van der Waals surface area (Å²) in [6.45, 7) is 0. The minimum Gasteiger partial charge on any atom is -0.507 e. The van der Waals surface area contributed by atoms with E-state index in [1.807, 2.05) is 5.32 Å². The van der Waals surface area contributed by atoms with Crippen molar-refractivity contribution in [2.75, 3.05) is 0 Å². The van der Waals surface area contributed by atoms with Crippen molar-refractivity contribution in [3.63, 3.8) is 0 Å². The van der Waals surface area contributed by atoms with Crippen LogP contribution in [0, 0.1) is 0 Å². The summed E-state index contributed by atoms with van der Waals surface area (Å²) in [5.74, 6) is -6.22. The van der Waals surface area contributed by atoms with Gasteiger partial charge in [0.05, 0.1) is 0 Å². The minimum atomic E-state index is -1.57. The van der Waals surface area contributed by atoms with Crippen LogP contribution >= 0.6 is 0 Å². The SMILES string of the molecule is O=C(O)CC[C@H](NC(=O)Oc1cc(O)c2c(=O)c(O)c(-c3ccc(O)c(O)c3)oc2c1)C(=O)O. The van der Waals surface area contributed by atoms with E-state index in [9.17, 15) is 39.6 Å². The number of carbonyl (C=O) groups excluding carboxylic acids is 1. The number of rotatable bonds is 7. The van der Waals surface area contributed by atoms with E-state index in [1.165, 1.54) is 6.07 Å². The highest BCUT2D eigenvalue weighted by Crippen LogP contribution is 2.37. The number of aliphatic carboxylic acids is 2. The molecule has 0 saturated carbocycles. The van der Waals surface area contributed by atoms with Crippen LogP contribution in [-0.2, 0) is 9.59 Å². The Bertz CT molecular complexity index is 1360. The normalized spacial score (nSPS) is 11.6. The summed E-state index contributed by atoms with van der Waals surface area (Å²) in [7, 11) is 0. The zero-order valence-electron chi connectivity index (χ0n) is 17.0. The van der Waals surface area contributed by atoms with Crippen molar-refractivity contribution in [3.8, 4) is 40.1 Å². The molecule has 0 fully saturated rings. The van der Waals surface area contributed by atoms with Crippen LogP contribution < -0.4 is 15.5 Å². The van der Waals surface area contributed by atoms with Crippen LogP contribution in [0.4, 0.5) is 4.79 Å². The number of carbonyl (C=O) groups is 3. The van der Waals surface area contributed by atoms with Crippen molar-refractivity contribution in [2.45, 2.75) is 18.9 Å². The highest BCUT2D eigenvalue weighted by molar-refractivity contribution is 5.89. The largest absolute Gasteiger partial charge is 0.507 e. The predicted octanol–water partition coefficient (Wildman–Crippen LogP) is 1.69. The van der Waals surface area contributed by atoms with Gasteiger partial charge in [-0.25, -0.2) is 9.59 Å². The number of phenolic OH excluding ortho intramolecular Hbond substituents is 3. The topological polar surface area (TPSA) is 224 Å². The standard InChI is InChI=1S/C21H17NO12/c23-11-3-1-8(5-12(11)24)19-18(29)17(28)16-13(25)6-9(7-14(16)34-19)33-21(32)22-10(20(30)31)2-4-15(26)27/h1,3,5-7,10,23-25,29H,2,4H2,(H,22,32)(H,26,27)(H,30,31)/t10-/m0/s1. The summed E-state index contributed by atoms with van der Waals surface area (Å²) in [5.41, 5.74) is -1.39. The maximum Gasteiger partial charge on any atom is 0.413 e. The van der Waals surface area contributed by atoms with Crippen molar-refractivity contribution in [1.29, 1.82) is 0 Å². The third-order valence-electron chi connectivity index (χ3n) is 4.61. The number of carboxylic acids is 2. The zero-order chi connectivity index (χ0) is 25.2. The van der Waals surface area contributed by atoms with Gasteiger partial charge in [-0.2, -0.15) is 0 Å². The number of aromatic hydroxyl groups is 4. The molecule has 13 nitrogen and oxygen atoms in total. The summed E-state index contributed by atoms with van der Waals surface area (Å²) in [6, 6.07) is 3.61. The first kappa shape index (κ1) is 23.7. The summed E-state index contributed by atoms with van der Waals surface area (Å²) in [4.78, 5) is 46.5. The molecule has 1 amide bonds. The number of fused-ring (bicyclic) bond motifs is 1. The molecule has 34 heavy (non-hydrogen) atoms. The van der Waals surface area contributed by atoms with Crippen molar-refractivity contribution in [3.05, 3.63) is 40.6 Å². The van der Waals surface area contributed by atoms with Gasteiger partial charge in [0.15, 0.2) is 17.3 Å². The van der Waals surface area contributed by atoms with Gasteiger partial charge in [0, 0.05) is 24.1 Å². The highest BCUT2D eigenvalue weighted by atomic mass is 16.6. The Hall–Kier alpha value is -4.94. The van der Waals surface area contributed by atoms with Gasteiger partial charge >= 0.3 is 18.0 Å². The monoisotopic (exact) mass is 475 g/mol. The number of ether oxygens (including phenoxy) is 1. The number of hydrogen-bond acceptors (Lipinski definition) is 10. The van der Waals surface area contributed by atoms with Gasteiger partial charge in [-0.15, -0.1) is 0 Å². The number of carboxylic acid groups (broad SMARTS) is 2. The molecule has 0 aliphatic heterocycles. The van der Waals surface area contributed by atoms with Crippen LogP contribution in [0.2, 0.25) is 0 Å². The molecular formula is C21H17NO12. The van der Waals surface area contributed by atoms with E-state index in [1.54, 1.807) is 0 Å². The first-order valence-corrected chi connectivity index (χ1v) is 9.46. The molecule has 0 unspecified atom stereocenters. The summed E-state index contributed by atoms with van der Waals surface area (Å²) in [6.07, 6.45) is -2.24. The number of benzene rings is 2. The highest BCUT2D eigenvalue weighted by Gasteiger charge is 2.24. The lowest BCUT2D eigenvalue weighted by Crippen LogP contribution is -2.42. The van der Waals surface area contributed by atoms with Crippen LogP contribution in [0.5, 0.6) is 28.7 Å². The number of hydrogen-bond donors (Lipinski definition) is 7. The smallest absolute Gasteiger partial charge is 0.413 e. The van der Waals surface area contributed by atoms with E-state index < -0.39 is 76.5 Å². The quantitative estimate of drug-likeness (QED) is 0.242. The number of phenols is 3. The molecule has 0 spiro atoms. The van der Waals surface area contributed by atoms with Crippen LogP contribution in [0.1, 0.15) is 12.8 Å².